The molecule has 0 bridgehead atoms. The van der Waals surface area contributed by atoms with Crippen LogP contribution in [0.5, 0.6) is 5.88 Å². The number of thiophene rings is 2. The molecule has 2 N–H and O–H groups in total. The van der Waals surface area contributed by atoms with Gasteiger partial charge in [-0.25, -0.2) is 4.68 Å². The number of rotatable bonds is 5. The average molecular weight is 421 g/mol. The third kappa shape index (κ3) is 3.23. The first kappa shape index (κ1) is 17.5. The van der Waals surface area contributed by atoms with E-state index in [2.05, 4.69) is 5.10 Å². The molecule has 0 saturated heterocycles. The van der Waals surface area contributed by atoms with Crippen molar-refractivity contribution in [1.29, 1.82) is 0 Å². The van der Waals surface area contributed by atoms with Crippen LogP contribution in [0.1, 0.15) is 17.2 Å². The van der Waals surface area contributed by atoms with E-state index in [4.69, 9.17) is 11.6 Å². The highest BCUT2D eigenvalue weighted by molar-refractivity contribution is 7.99. The van der Waals surface area contributed by atoms with Crippen molar-refractivity contribution in [3.63, 3.8) is 0 Å². The molecule has 3 aromatic heterocycles. The quantitative estimate of drug-likeness (QED) is 0.451. The molecule has 0 fully saturated rings. The molecule has 0 atom stereocenters. The lowest BCUT2D eigenvalue weighted by atomic mass is 10.1. The van der Waals surface area contributed by atoms with Crippen LogP contribution in [0.25, 0.3) is 0 Å². The van der Waals surface area contributed by atoms with Gasteiger partial charge in [0.15, 0.2) is 0 Å². The molecule has 26 heavy (non-hydrogen) atoms. The van der Waals surface area contributed by atoms with Crippen molar-refractivity contribution in [1.82, 2.24) is 9.78 Å². The van der Waals surface area contributed by atoms with E-state index >= 15 is 0 Å². The molecule has 8 heteroatoms. The largest absolute Gasteiger partial charge is 0.493 e. The second-order valence-electron chi connectivity index (χ2n) is 5.51. The van der Waals surface area contributed by atoms with E-state index in [0.717, 1.165) is 27.8 Å². The summed E-state index contributed by atoms with van der Waals surface area (Å²) in [6, 6.07) is 10.9. The number of nitrogens with zero attached hydrogens (tertiary/aromatic N) is 1. The molecule has 1 aromatic carbocycles. The third-order valence-corrected chi connectivity index (χ3v) is 6.88. The lowest BCUT2D eigenvalue weighted by Crippen LogP contribution is -2.14. The van der Waals surface area contributed by atoms with Gasteiger partial charge in [0.05, 0.1) is 5.02 Å². The molecule has 0 radical (unpaired) electrons. The van der Waals surface area contributed by atoms with Crippen molar-refractivity contribution >= 4 is 46.0 Å². The Morgan fingerprint density at radius 3 is 2.31 bits per heavy atom. The minimum Gasteiger partial charge on any atom is -0.493 e. The molecule has 132 valence electrons. The van der Waals surface area contributed by atoms with Gasteiger partial charge in [-0.05, 0) is 56.9 Å². The molecule has 4 nitrogen and oxygen atoms in total. The lowest BCUT2D eigenvalue weighted by molar-refractivity contribution is 0.385. The highest BCUT2D eigenvalue weighted by atomic mass is 35.5. The number of hydrogen-bond acceptors (Lipinski definition) is 5. The smallest absolute Gasteiger partial charge is 0.282 e. The summed E-state index contributed by atoms with van der Waals surface area (Å²) in [7, 11) is 0. The van der Waals surface area contributed by atoms with Gasteiger partial charge in [-0.2, -0.15) is 22.7 Å². The Bertz CT molecular complexity index is 1030. The van der Waals surface area contributed by atoms with E-state index in [1.807, 2.05) is 51.9 Å². The number of aromatic nitrogens is 2. The lowest BCUT2D eigenvalue weighted by Gasteiger charge is -2.17. The van der Waals surface area contributed by atoms with Crippen LogP contribution in [-0.2, 0) is 0 Å². The number of benzene rings is 1. The van der Waals surface area contributed by atoms with Crippen LogP contribution < -0.4 is 5.56 Å². The van der Waals surface area contributed by atoms with Gasteiger partial charge in [0, 0.05) is 4.90 Å². The average Bonchev–Trinajstić information content (AvgIpc) is 3.38. The summed E-state index contributed by atoms with van der Waals surface area (Å²) in [6.07, 6.45) is 0. The van der Waals surface area contributed by atoms with Crippen molar-refractivity contribution in [3.8, 4) is 5.88 Å². The summed E-state index contributed by atoms with van der Waals surface area (Å²) in [5, 5.41) is 22.1. The highest BCUT2D eigenvalue weighted by Gasteiger charge is 2.25. The molecular weight excluding hydrogens is 408 g/mol. The van der Waals surface area contributed by atoms with Gasteiger partial charge < -0.3 is 5.11 Å². The second kappa shape index (κ2) is 7.36. The molecule has 0 unspecified atom stereocenters. The normalized spacial score (nSPS) is 11.3. The van der Waals surface area contributed by atoms with Gasteiger partial charge in [0.2, 0.25) is 5.88 Å². The van der Waals surface area contributed by atoms with Gasteiger partial charge in [-0.1, -0.05) is 35.5 Å². The fraction of sp³-hybridized carbons (Fsp3) is 0.0556. The van der Waals surface area contributed by atoms with Crippen LogP contribution in [-0.4, -0.2) is 14.9 Å². The topological polar surface area (TPSA) is 58.0 Å². The van der Waals surface area contributed by atoms with Crippen molar-refractivity contribution < 1.29 is 5.11 Å². The summed E-state index contributed by atoms with van der Waals surface area (Å²) < 4.78 is 1.52. The molecule has 0 spiro atoms. The molecule has 0 saturated carbocycles. The van der Waals surface area contributed by atoms with Crippen molar-refractivity contribution in [3.05, 3.63) is 84.4 Å². The summed E-state index contributed by atoms with van der Waals surface area (Å²) in [4.78, 5) is 13.5. The SMILES string of the molecule is O=c1[nH]n(C(c2ccsc2)c2ccsc2)c(O)c1Sc1ccccc1Cl. The summed E-state index contributed by atoms with van der Waals surface area (Å²) in [5.41, 5.74) is 1.66. The van der Waals surface area contributed by atoms with Crippen molar-refractivity contribution in [2.45, 2.75) is 15.8 Å². The van der Waals surface area contributed by atoms with Gasteiger partial charge in [0.1, 0.15) is 10.9 Å². The maximum atomic E-state index is 12.5. The van der Waals surface area contributed by atoms with E-state index < -0.39 is 0 Å². The Morgan fingerprint density at radius 2 is 1.73 bits per heavy atom. The molecule has 0 aliphatic heterocycles. The number of nitrogens with one attached hydrogen (secondary N) is 1. The number of aromatic hydroxyl groups is 1. The zero-order chi connectivity index (χ0) is 18.1. The van der Waals surface area contributed by atoms with Gasteiger partial charge in [0.25, 0.3) is 5.56 Å². The first-order chi connectivity index (χ1) is 12.6. The maximum absolute atomic E-state index is 12.5. The predicted octanol–water partition coefficient (Wildman–Crippen LogP) is 5.45. The van der Waals surface area contributed by atoms with E-state index in [1.165, 1.54) is 4.68 Å². The highest BCUT2D eigenvalue weighted by Crippen LogP contribution is 2.39. The summed E-state index contributed by atoms with van der Waals surface area (Å²) in [5.74, 6) is -0.0951. The first-order valence-corrected chi connectivity index (χ1v) is 10.7. The minimum absolute atomic E-state index is 0.0951. The molecule has 0 aliphatic rings. The standard InChI is InChI=1S/C18H13ClN2O2S3/c19-13-3-1-2-4-14(13)26-16-17(22)20-21(18(16)23)15(11-5-7-24-9-11)12-6-8-25-10-12/h1-10,15,23H,(H,20,22). The summed E-state index contributed by atoms with van der Waals surface area (Å²) in [6.45, 7) is 0. The van der Waals surface area contributed by atoms with E-state index in [9.17, 15) is 9.90 Å². The molecule has 0 aliphatic carbocycles. The predicted molar refractivity (Wildman–Crippen MR) is 108 cm³/mol. The molecule has 4 aromatic rings. The monoisotopic (exact) mass is 420 g/mol. The molecule has 0 amide bonds. The number of H-pyrrole nitrogens is 1. The summed E-state index contributed by atoms with van der Waals surface area (Å²) >= 11 is 10.5. The Labute approximate surface area is 166 Å². The molecular formula is C18H13ClN2O2S3. The second-order valence-corrected chi connectivity index (χ2v) is 8.53. The number of halogens is 1. The fourth-order valence-electron chi connectivity index (χ4n) is 2.69. The van der Waals surface area contributed by atoms with Gasteiger partial charge in [-0.3, -0.25) is 9.89 Å². The number of hydrogen-bond donors (Lipinski definition) is 2. The maximum Gasteiger partial charge on any atom is 0.282 e. The zero-order valence-corrected chi connectivity index (χ0v) is 16.5. The molecule has 4 rings (SSSR count). The third-order valence-electron chi connectivity index (χ3n) is 3.88. The first-order valence-electron chi connectivity index (χ1n) is 7.65. The van der Waals surface area contributed by atoms with E-state index in [1.54, 1.807) is 28.7 Å². The van der Waals surface area contributed by atoms with Crippen LogP contribution in [0.4, 0.5) is 0 Å². The van der Waals surface area contributed by atoms with Crippen LogP contribution in [0.2, 0.25) is 5.02 Å². The van der Waals surface area contributed by atoms with Crippen molar-refractivity contribution in [2.24, 2.45) is 0 Å². The van der Waals surface area contributed by atoms with Crippen LogP contribution in [0.15, 0.2) is 72.5 Å². The number of aromatic amines is 1. The zero-order valence-electron chi connectivity index (χ0n) is 13.3. The van der Waals surface area contributed by atoms with E-state index in [-0.39, 0.29) is 22.4 Å². The Hall–Kier alpha value is -1.93. The van der Waals surface area contributed by atoms with Gasteiger partial charge in [-0.15, -0.1) is 0 Å². The molecule has 3 heterocycles. The van der Waals surface area contributed by atoms with Crippen LogP contribution in [0, 0.1) is 0 Å². The van der Waals surface area contributed by atoms with Crippen LogP contribution in [0.3, 0.4) is 0 Å². The Morgan fingerprint density at radius 1 is 1.08 bits per heavy atom. The minimum atomic E-state index is -0.345. The van der Waals surface area contributed by atoms with Crippen molar-refractivity contribution in [2.75, 3.05) is 0 Å². The Kier molecular flexibility index (Phi) is 4.95. The fourth-order valence-corrected chi connectivity index (χ4v) is 5.16. The Balaban J connectivity index is 1.80. The van der Waals surface area contributed by atoms with Gasteiger partial charge >= 0.3 is 0 Å². The van der Waals surface area contributed by atoms with E-state index in [0.29, 0.717) is 5.02 Å². The van der Waals surface area contributed by atoms with Crippen LogP contribution >= 0.6 is 46.0 Å².